The first-order valence-electron chi connectivity index (χ1n) is 9.89. The fraction of sp³-hybridized carbons (Fsp3) is 0.550. The highest BCUT2D eigenvalue weighted by atomic mass is 32.1. The lowest BCUT2D eigenvalue weighted by atomic mass is 9.95. The van der Waals surface area contributed by atoms with Crippen LogP contribution in [0.2, 0.25) is 0 Å². The van der Waals surface area contributed by atoms with Crippen LogP contribution >= 0.6 is 12.2 Å². The number of nitrogens with one attached hydrogen (secondary N) is 1. The molecule has 1 amide bonds. The van der Waals surface area contributed by atoms with E-state index in [1.165, 1.54) is 6.07 Å². The van der Waals surface area contributed by atoms with Crippen molar-refractivity contribution in [3.8, 4) is 5.75 Å². The lowest BCUT2D eigenvalue weighted by Crippen LogP contribution is -2.38. The summed E-state index contributed by atoms with van der Waals surface area (Å²) in [6.07, 6.45) is 2.49. The Morgan fingerprint density at radius 2 is 2.07 bits per heavy atom. The summed E-state index contributed by atoms with van der Waals surface area (Å²) in [6, 6.07) is 3.42. The number of aromatic amines is 1. The van der Waals surface area contributed by atoms with Crippen LogP contribution in [0.15, 0.2) is 18.2 Å². The number of aromatic nitrogens is 3. The zero-order chi connectivity index (χ0) is 21.0. The number of piperidine rings is 1. The molecule has 6 nitrogen and oxygen atoms in total. The number of carbonyl (C=O) groups is 1. The van der Waals surface area contributed by atoms with E-state index < -0.39 is 11.6 Å². The molecular formula is C20H26F2N4O2S. The zero-order valence-corrected chi connectivity index (χ0v) is 17.5. The molecule has 9 heteroatoms. The molecule has 0 saturated carbocycles. The molecule has 1 aliphatic heterocycles. The van der Waals surface area contributed by atoms with Gasteiger partial charge in [0.05, 0.1) is 6.61 Å². The summed E-state index contributed by atoms with van der Waals surface area (Å²) in [7, 11) is 0. The minimum Gasteiger partial charge on any atom is -0.491 e. The quantitative estimate of drug-likeness (QED) is 0.530. The highest BCUT2D eigenvalue weighted by Crippen LogP contribution is 2.28. The molecule has 0 atom stereocenters. The van der Waals surface area contributed by atoms with Gasteiger partial charge in [0, 0.05) is 37.5 Å². The summed E-state index contributed by atoms with van der Waals surface area (Å²) in [6.45, 7) is 5.71. The monoisotopic (exact) mass is 424 g/mol. The summed E-state index contributed by atoms with van der Waals surface area (Å²) in [4.78, 5) is 14.3. The number of ether oxygens (including phenoxy) is 1. The van der Waals surface area contributed by atoms with Crippen LogP contribution in [0.25, 0.3) is 0 Å². The van der Waals surface area contributed by atoms with Gasteiger partial charge in [0.25, 0.3) is 0 Å². The van der Waals surface area contributed by atoms with Crippen LogP contribution < -0.4 is 4.74 Å². The molecule has 1 aliphatic rings. The van der Waals surface area contributed by atoms with Crippen LogP contribution in [0.5, 0.6) is 5.75 Å². The first-order chi connectivity index (χ1) is 13.9. The summed E-state index contributed by atoms with van der Waals surface area (Å²) >= 11 is 5.32. The number of hydrogen-bond donors (Lipinski definition) is 1. The van der Waals surface area contributed by atoms with Crippen molar-refractivity contribution in [1.82, 2.24) is 19.7 Å². The predicted molar refractivity (Wildman–Crippen MR) is 107 cm³/mol. The third-order valence-electron chi connectivity index (χ3n) is 5.15. The fourth-order valence-corrected chi connectivity index (χ4v) is 4.00. The van der Waals surface area contributed by atoms with Gasteiger partial charge >= 0.3 is 0 Å². The molecule has 2 heterocycles. The van der Waals surface area contributed by atoms with E-state index in [4.69, 9.17) is 17.0 Å². The number of hydrogen-bond acceptors (Lipinski definition) is 4. The van der Waals surface area contributed by atoms with Gasteiger partial charge < -0.3 is 14.2 Å². The van der Waals surface area contributed by atoms with Crippen LogP contribution in [0.3, 0.4) is 0 Å². The number of likely N-dealkylation sites (tertiary alicyclic amines) is 1. The Balaban J connectivity index is 1.44. The van der Waals surface area contributed by atoms with Gasteiger partial charge in [-0.25, -0.2) is 8.78 Å². The minimum absolute atomic E-state index is 0.00164. The lowest BCUT2D eigenvalue weighted by Gasteiger charge is -2.32. The Kier molecular flexibility index (Phi) is 7.00. The van der Waals surface area contributed by atoms with Crippen LogP contribution in [-0.4, -0.2) is 45.3 Å². The number of benzene rings is 1. The normalized spacial score (nSPS) is 15.1. The number of rotatable bonds is 7. The van der Waals surface area contributed by atoms with Gasteiger partial charge in [0.1, 0.15) is 11.6 Å². The molecule has 3 rings (SSSR count). The fourth-order valence-electron chi connectivity index (χ4n) is 3.65. The largest absolute Gasteiger partial charge is 0.491 e. The molecule has 1 N–H and O–H groups in total. The van der Waals surface area contributed by atoms with Gasteiger partial charge in [-0.1, -0.05) is 0 Å². The van der Waals surface area contributed by atoms with E-state index in [2.05, 4.69) is 24.0 Å². The van der Waals surface area contributed by atoms with Crippen molar-refractivity contribution >= 4 is 18.1 Å². The smallest absolute Gasteiger partial charge is 0.222 e. The Morgan fingerprint density at radius 3 is 2.72 bits per heavy atom. The van der Waals surface area contributed by atoms with Gasteiger partial charge in [-0.3, -0.25) is 9.89 Å². The minimum atomic E-state index is -0.738. The summed E-state index contributed by atoms with van der Waals surface area (Å²) < 4.78 is 34.4. The third kappa shape index (κ3) is 5.20. The molecule has 29 heavy (non-hydrogen) atoms. The average molecular weight is 425 g/mol. The maximum absolute atomic E-state index is 13.5. The maximum atomic E-state index is 13.5. The second-order valence-corrected chi connectivity index (χ2v) is 7.92. The van der Waals surface area contributed by atoms with E-state index in [9.17, 15) is 13.6 Å². The van der Waals surface area contributed by atoms with E-state index in [-0.39, 0.29) is 30.2 Å². The van der Waals surface area contributed by atoms with E-state index in [1.54, 1.807) is 0 Å². The highest BCUT2D eigenvalue weighted by Gasteiger charge is 2.27. The molecule has 1 aromatic heterocycles. The molecule has 1 saturated heterocycles. The van der Waals surface area contributed by atoms with Gasteiger partial charge in [0.15, 0.2) is 16.3 Å². The molecule has 0 aliphatic carbocycles. The number of H-pyrrole nitrogens is 1. The molecule has 0 spiro atoms. The standard InChI is InChI=1S/C20H26F2N4O2S/c1-13(2)26-19(23-24-20(26)29)14-7-9-25(10-8-14)18(27)4-3-11-28-17-6-5-15(21)12-16(17)22/h5-6,12-14H,3-4,7-11H2,1-2H3,(H,24,29). The number of nitrogens with zero attached hydrogens (tertiary/aromatic N) is 3. The van der Waals surface area contributed by atoms with Crippen LogP contribution in [0.4, 0.5) is 8.78 Å². The average Bonchev–Trinajstić information content (AvgIpc) is 3.08. The van der Waals surface area contributed by atoms with Crippen molar-refractivity contribution in [1.29, 1.82) is 0 Å². The topological polar surface area (TPSA) is 63.1 Å². The maximum Gasteiger partial charge on any atom is 0.222 e. The van der Waals surface area contributed by atoms with Crippen molar-refractivity contribution in [2.75, 3.05) is 19.7 Å². The van der Waals surface area contributed by atoms with Crippen molar-refractivity contribution < 1.29 is 18.3 Å². The molecule has 0 radical (unpaired) electrons. The van der Waals surface area contributed by atoms with E-state index >= 15 is 0 Å². The lowest BCUT2D eigenvalue weighted by molar-refractivity contribution is -0.132. The summed E-state index contributed by atoms with van der Waals surface area (Å²) in [5, 5.41) is 7.28. The second-order valence-electron chi connectivity index (χ2n) is 7.53. The third-order valence-corrected chi connectivity index (χ3v) is 5.44. The van der Waals surface area contributed by atoms with E-state index in [0.29, 0.717) is 30.7 Å². The van der Waals surface area contributed by atoms with Crippen LogP contribution in [-0.2, 0) is 4.79 Å². The van der Waals surface area contributed by atoms with Gasteiger partial charge in [-0.2, -0.15) is 5.10 Å². The molecule has 0 bridgehead atoms. The van der Waals surface area contributed by atoms with Gasteiger partial charge in [0.2, 0.25) is 5.91 Å². The number of halogens is 2. The van der Waals surface area contributed by atoms with Crippen molar-refractivity contribution in [2.24, 2.45) is 0 Å². The molecule has 2 aromatic rings. The number of carbonyl (C=O) groups excluding carboxylic acids is 1. The molecule has 0 unspecified atom stereocenters. The second kappa shape index (κ2) is 9.47. The molecular weight excluding hydrogens is 398 g/mol. The first-order valence-corrected chi connectivity index (χ1v) is 10.3. The molecule has 1 fully saturated rings. The van der Waals surface area contributed by atoms with E-state index in [1.807, 2.05) is 9.47 Å². The van der Waals surface area contributed by atoms with Crippen LogP contribution in [0.1, 0.15) is 57.3 Å². The van der Waals surface area contributed by atoms with Crippen LogP contribution in [0, 0.1) is 16.4 Å². The van der Waals surface area contributed by atoms with Crippen molar-refractivity contribution in [3.05, 3.63) is 40.4 Å². The summed E-state index contributed by atoms with van der Waals surface area (Å²) in [5.41, 5.74) is 0. The summed E-state index contributed by atoms with van der Waals surface area (Å²) in [5.74, 6) is -0.0812. The van der Waals surface area contributed by atoms with Gasteiger partial charge in [-0.15, -0.1) is 0 Å². The number of amides is 1. The van der Waals surface area contributed by atoms with Crippen molar-refractivity contribution in [3.63, 3.8) is 0 Å². The Hall–Kier alpha value is -2.29. The van der Waals surface area contributed by atoms with Crippen molar-refractivity contribution in [2.45, 2.75) is 51.5 Å². The highest BCUT2D eigenvalue weighted by molar-refractivity contribution is 7.71. The predicted octanol–water partition coefficient (Wildman–Crippen LogP) is 4.36. The molecule has 1 aromatic carbocycles. The first kappa shape index (κ1) is 21.4. The Morgan fingerprint density at radius 1 is 1.34 bits per heavy atom. The van der Waals surface area contributed by atoms with Gasteiger partial charge in [-0.05, 0) is 57.5 Å². The molecule has 158 valence electrons. The van der Waals surface area contributed by atoms with E-state index in [0.717, 1.165) is 30.8 Å². The zero-order valence-electron chi connectivity index (χ0n) is 16.7. The Bertz CT molecular complexity index is 904. The Labute approximate surface area is 173 Å². The SMILES string of the molecule is CC(C)n1c(C2CCN(C(=O)CCCOc3ccc(F)cc3F)CC2)n[nH]c1=S.